The standard InChI is InChI=1S/C15H21N3O/c1-10(2)14(18-12(4)16-11(3)17-18)15(19)13-8-6-5-7-9-13/h5-10,14-15,19H,1-4H3. The third kappa shape index (κ3) is 2.84. The first-order valence-electron chi connectivity index (χ1n) is 6.63. The molecule has 4 nitrogen and oxygen atoms in total. The zero-order chi connectivity index (χ0) is 14.0. The second-order valence-electron chi connectivity index (χ2n) is 5.24. The van der Waals surface area contributed by atoms with Crippen molar-refractivity contribution in [3.63, 3.8) is 0 Å². The number of hydrogen-bond acceptors (Lipinski definition) is 3. The van der Waals surface area contributed by atoms with Gasteiger partial charge in [0, 0.05) is 0 Å². The van der Waals surface area contributed by atoms with E-state index < -0.39 is 6.10 Å². The maximum Gasteiger partial charge on any atom is 0.147 e. The monoisotopic (exact) mass is 259 g/mol. The molecule has 0 aliphatic rings. The van der Waals surface area contributed by atoms with Crippen LogP contribution in [0.1, 0.15) is 43.2 Å². The van der Waals surface area contributed by atoms with Gasteiger partial charge in [-0.3, -0.25) is 0 Å². The molecule has 2 rings (SSSR count). The lowest BCUT2D eigenvalue weighted by atomic mass is 9.93. The molecule has 19 heavy (non-hydrogen) atoms. The maximum absolute atomic E-state index is 10.6. The maximum atomic E-state index is 10.6. The Balaban J connectivity index is 2.39. The molecule has 1 heterocycles. The number of aromatic nitrogens is 3. The van der Waals surface area contributed by atoms with Crippen LogP contribution in [0.4, 0.5) is 0 Å². The topological polar surface area (TPSA) is 50.9 Å². The molecule has 1 N–H and O–H groups in total. The van der Waals surface area contributed by atoms with Crippen molar-refractivity contribution < 1.29 is 5.11 Å². The van der Waals surface area contributed by atoms with E-state index in [1.165, 1.54) is 0 Å². The lowest BCUT2D eigenvalue weighted by molar-refractivity contribution is 0.0784. The molecule has 1 aromatic carbocycles. The average molecular weight is 259 g/mol. The van der Waals surface area contributed by atoms with E-state index in [1.807, 2.05) is 48.9 Å². The molecule has 2 atom stereocenters. The zero-order valence-corrected chi connectivity index (χ0v) is 11.9. The van der Waals surface area contributed by atoms with Crippen LogP contribution in [-0.4, -0.2) is 19.9 Å². The van der Waals surface area contributed by atoms with Gasteiger partial charge in [0.2, 0.25) is 0 Å². The number of aliphatic hydroxyl groups excluding tert-OH is 1. The minimum atomic E-state index is -0.582. The number of aryl methyl sites for hydroxylation is 2. The Kier molecular flexibility index (Phi) is 4.00. The van der Waals surface area contributed by atoms with E-state index in [0.717, 1.165) is 17.2 Å². The summed E-state index contributed by atoms with van der Waals surface area (Å²) in [6.07, 6.45) is -0.582. The van der Waals surface area contributed by atoms with Crippen molar-refractivity contribution in [3.05, 3.63) is 47.5 Å². The number of nitrogens with zero attached hydrogens (tertiary/aromatic N) is 3. The fraction of sp³-hybridized carbons (Fsp3) is 0.467. The van der Waals surface area contributed by atoms with Gasteiger partial charge in [0.1, 0.15) is 17.8 Å². The van der Waals surface area contributed by atoms with Crippen LogP contribution in [0.25, 0.3) is 0 Å². The second-order valence-corrected chi connectivity index (χ2v) is 5.24. The van der Waals surface area contributed by atoms with Crippen LogP contribution >= 0.6 is 0 Å². The molecule has 1 aromatic heterocycles. The minimum Gasteiger partial charge on any atom is -0.386 e. The van der Waals surface area contributed by atoms with E-state index in [2.05, 4.69) is 23.9 Å². The second kappa shape index (κ2) is 5.53. The van der Waals surface area contributed by atoms with Crippen LogP contribution in [0.5, 0.6) is 0 Å². The highest BCUT2D eigenvalue weighted by atomic mass is 16.3. The summed E-state index contributed by atoms with van der Waals surface area (Å²) in [6, 6.07) is 9.61. The van der Waals surface area contributed by atoms with Gasteiger partial charge in [0.15, 0.2) is 0 Å². The molecule has 0 saturated carbocycles. The summed E-state index contributed by atoms with van der Waals surface area (Å²) in [6.45, 7) is 7.98. The summed E-state index contributed by atoms with van der Waals surface area (Å²) in [4.78, 5) is 4.33. The van der Waals surface area contributed by atoms with Crippen molar-refractivity contribution in [2.45, 2.75) is 39.8 Å². The van der Waals surface area contributed by atoms with Crippen molar-refractivity contribution >= 4 is 0 Å². The SMILES string of the molecule is Cc1nc(C)n(C(C(C)C)C(O)c2ccccc2)n1. The van der Waals surface area contributed by atoms with Gasteiger partial charge in [0.25, 0.3) is 0 Å². The van der Waals surface area contributed by atoms with Crippen LogP contribution in [0, 0.1) is 19.8 Å². The van der Waals surface area contributed by atoms with E-state index in [9.17, 15) is 5.11 Å². The Bertz CT molecular complexity index is 534. The van der Waals surface area contributed by atoms with E-state index in [0.29, 0.717) is 0 Å². The first-order valence-corrected chi connectivity index (χ1v) is 6.63. The lowest BCUT2D eigenvalue weighted by Gasteiger charge is -2.27. The normalized spacial score (nSPS) is 14.6. The van der Waals surface area contributed by atoms with Gasteiger partial charge in [-0.2, -0.15) is 5.10 Å². The van der Waals surface area contributed by atoms with Gasteiger partial charge in [-0.1, -0.05) is 44.2 Å². The highest BCUT2D eigenvalue weighted by molar-refractivity contribution is 5.19. The Hall–Kier alpha value is -1.68. The van der Waals surface area contributed by atoms with Crippen LogP contribution in [-0.2, 0) is 0 Å². The molecule has 4 heteroatoms. The average Bonchev–Trinajstić information content (AvgIpc) is 2.69. The fourth-order valence-electron chi connectivity index (χ4n) is 2.45. The molecular formula is C15H21N3O. The molecule has 0 spiro atoms. The van der Waals surface area contributed by atoms with Gasteiger partial charge in [-0.25, -0.2) is 9.67 Å². The van der Waals surface area contributed by atoms with Crippen molar-refractivity contribution in [2.24, 2.45) is 5.92 Å². The molecule has 2 unspecified atom stereocenters. The summed E-state index contributed by atoms with van der Waals surface area (Å²) in [5.74, 6) is 1.84. The molecule has 0 bridgehead atoms. The number of benzene rings is 1. The molecule has 2 aromatic rings. The van der Waals surface area contributed by atoms with Gasteiger partial charge in [0.05, 0.1) is 6.04 Å². The largest absolute Gasteiger partial charge is 0.386 e. The number of aliphatic hydroxyl groups is 1. The Morgan fingerprint density at radius 3 is 2.21 bits per heavy atom. The van der Waals surface area contributed by atoms with Crippen molar-refractivity contribution in [3.8, 4) is 0 Å². The predicted molar refractivity (Wildman–Crippen MR) is 74.8 cm³/mol. The quantitative estimate of drug-likeness (QED) is 0.918. The summed E-state index contributed by atoms with van der Waals surface area (Å²) < 4.78 is 1.84. The Labute approximate surface area is 114 Å². The first kappa shape index (κ1) is 13.7. The lowest BCUT2D eigenvalue weighted by Crippen LogP contribution is -2.25. The summed E-state index contributed by atoms with van der Waals surface area (Å²) in [7, 11) is 0. The van der Waals surface area contributed by atoms with E-state index in [-0.39, 0.29) is 12.0 Å². The van der Waals surface area contributed by atoms with E-state index in [1.54, 1.807) is 0 Å². The molecule has 0 radical (unpaired) electrons. The fourth-order valence-corrected chi connectivity index (χ4v) is 2.45. The van der Waals surface area contributed by atoms with Crippen LogP contribution in [0.2, 0.25) is 0 Å². The molecular weight excluding hydrogens is 238 g/mol. The summed E-state index contributed by atoms with van der Waals surface area (Å²) in [5, 5.41) is 15.1. The first-order chi connectivity index (χ1) is 9.00. The third-order valence-corrected chi connectivity index (χ3v) is 3.34. The van der Waals surface area contributed by atoms with E-state index in [4.69, 9.17) is 0 Å². The smallest absolute Gasteiger partial charge is 0.147 e. The summed E-state index contributed by atoms with van der Waals surface area (Å²) in [5.41, 5.74) is 0.911. The molecule has 102 valence electrons. The zero-order valence-electron chi connectivity index (χ0n) is 11.9. The molecule has 0 fully saturated rings. The van der Waals surface area contributed by atoms with Crippen molar-refractivity contribution in [1.29, 1.82) is 0 Å². The highest BCUT2D eigenvalue weighted by Crippen LogP contribution is 2.32. The highest BCUT2D eigenvalue weighted by Gasteiger charge is 2.28. The Morgan fingerprint density at radius 1 is 1.11 bits per heavy atom. The van der Waals surface area contributed by atoms with Gasteiger partial charge >= 0.3 is 0 Å². The molecule has 0 saturated heterocycles. The molecule has 0 aliphatic heterocycles. The van der Waals surface area contributed by atoms with Gasteiger partial charge in [-0.15, -0.1) is 0 Å². The predicted octanol–water partition coefficient (Wildman–Crippen LogP) is 2.83. The third-order valence-electron chi connectivity index (χ3n) is 3.34. The van der Waals surface area contributed by atoms with Crippen molar-refractivity contribution in [2.75, 3.05) is 0 Å². The number of hydrogen-bond donors (Lipinski definition) is 1. The van der Waals surface area contributed by atoms with Gasteiger partial charge < -0.3 is 5.11 Å². The summed E-state index contributed by atoms with van der Waals surface area (Å²) >= 11 is 0. The Morgan fingerprint density at radius 2 is 1.74 bits per heavy atom. The van der Waals surface area contributed by atoms with Crippen LogP contribution in [0.3, 0.4) is 0 Å². The van der Waals surface area contributed by atoms with Gasteiger partial charge in [-0.05, 0) is 25.3 Å². The van der Waals surface area contributed by atoms with Crippen molar-refractivity contribution in [1.82, 2.24) is 14.8 Å². The number of rotatable bonds is 4. The molecule has 0 amide bonds. The molecule has 0 aliphatic carbocycles. The van der Waals surface area contributed by atoms with Crippen LogP contribution < -0.4 is 0 Å². The van der Waals surface area contributed by atoms with Crippen LogP contribution in [0.15, 0.2) is 30.3 Å². The minimum absolute atomic E-state index is 0.108. The van der Waals surface area contributed by atoms with E-state index >= 15 is 0 Å².